The molecule has 1 rings (SSSR count). The summed E-state index contributed by atoms with van der Waals surface area (Å²) in [6, 6.07) is 7.65. The summed E-state index contributed by atoms with van der Waals surface area (Å²) in [6.07, 6.45) is 1.38. The Labute approximate surface area is 132 Å². The third-order valence-electron chi connectivity index (χ3n) is 3.05. The van der Waals surface area contributed by atoms with Crippen LogP contribution in [-0.2, 0) is 4.79 Å². The second kappa shape index (κ2) is 10.0. The molecule has 5 heteroatoms. The fourth-order valence-electron chi connectivity index (χ4n) is 2.00. The molecule has 0 aliphatic rings. The zero-order valence-corrected chi connectivity index (χ0v) is 13.9. The smallest absolute Gasteiger partial charge is 0.220 e. The molecule has 2 N–H and O–H groups in total. The van der Waals surface area contributed by atoms with E-state index in [1.165, 1.54) is 0 Å². The highest BCUT2D eigenvalue weighted by Gasteiger charge is 2.20. The van der Waals surface area contributed by atoms with Crippen LogP contribution >= 0.6 is 24.0 Å². The van der Waals surface area contributed by atoms with E-state index in [0.29, 0.717) is 17.4 Å². The van der Waals surface area contributed by atoms with E-state index in [0.717, 1.165) is 18.5 Å². The van der Waals surface area contributed by atoms with Gasteiger partial charge >= 0.3 is 0 Å². The van der Waals surface area contributed by atoms with E-state index >= 15 is 0 Å². The third kappa shape index (κ3) is 6.12. The molecule has 0 aromatic heterocycles. The van der Waals surface area contributed by atoms with Gasteiger partial charge < -0.3 is 10.6 Å². The van der Waals surface area contributed by atoms with Crippen LogP contribution in [0.3, 0.4) is 0 Å². The van der Waals surface area contributed by atoms with Crippen molar-refractivity contribution in [1.29, 1.82) is 0 Å². The molecule has 0 radical (unpaired) electrons. The van der Waals surface area contributed by atoms with E-state index in [1.807, 2.05) is 31.3 Å². The Morgan fingerprint density at radius 2 is 1.95 bits per heavy atom. The molecular formula is C15H24Cl2N2O. The molecule has 0 saturated heterocycles. The van der Waals surface area contributed by atoms with E-state index in [9.17, 15) is 4.79 Å². The van der Waals surface area contributed by atoms with Crippen molar-refractivity contribution in [2.45, 2.75) is 32.7 Å². The summed E-state index contributed by atoms with van der Waals surface area (Å²) in [6.45, 7) is 5.02. The van der Waals surface area contributed by atoms with Crippen LogP contribution in [0.5, 0.6) is 0 Å². The van der Waals surface area contributed by atoms with Gasteiger partial charge in [-0.15, -0.1) is 12.4 Å². The average Bonchev–Trinajstić information content (AvgIpc) is 2.37. The molecule has 1 atom stereocenters. The first-order valence-corrected chi connectivity index (χ1v) is 7.12. The molecule has 0 aliphatic heterocycles. The van der Waals surface area contributed by atoms with Crippen molar-refractivity contribution >= 4 is 29.9 Å². The molecule has 20 heavy (non-hydrogen) atoms. The molecule has 1 unspecified atom stereocenters. The quantitative estimate of drug-likeness (QED) is 0.754. The number of halogens is 2. The molecule has 1 amide bonds. The summed E-state index contributed by atoms with van der Waals surface area (Å²) in [5.74, 6) is 0.377. The molecule has 0 saturated carbocycles. The molecule has 0 bridgehead atoms. The van der Waals surface area contributed by atoms with Gasteiger partial charge in [-0.3, -0.25) is 4.79 Å². The molecule has 114 valence electrons. The Balaban J connectivity index is 0.00000361. The molecule has 0 spiro atoms. The lowest BCUT2D eigenvalue weighted by atomic mass is 9.95. The van der Waals surface area contributed by atoms with Gasteiger partial charge in [-0.2, -0.15) is 0 Å². The van der Waals surface area contributed by atoms with Crippen LogP contribution < -0.4 is 10.6 Å². The Kier molecular flexibility index (Phi) is 9.64. The number of benzene rings is 1. The Hall–Kier alpha value is -0.770. The summed E-state index contributed by atoms with van der Waals surface area (Å²) >= 11 is 6.21. The second-order valence-corrected chi connectivity index (χ2v) is 5.43. The molecule has 0 fully saturated rings. The van der Waals surface area contributed by atoms with Crippen molar-refractivity contribution in [2.75, 3.05) is 13.6 Å². The predicted octanol–water partition coefficient (Wildman–Crippen LogP) is 3.57. The Morgan fingerprint density at radius 1 is 1.30 bits per heavy atom. The second-order valence-electron chi connectivity index (χ2n) is 5.02. The lowest BCUT2D eigenvalue weighted by Gasteiger charge is -2.24. The van der Waals surface area contributed by atoms with Crippen molar-refractivity contribution in [3.05, 3.63) is 34.9 Å². The fraction of sp³-hybridized carbons (Fsp3) is 0.533. The average molecular weight is 319 g/mol. The monoisotopic (exact) mass is 318 g/mol. The summed E-state index contributed by atoms with van der Waals surface area (Å²) < 4.78 is 0. The standard InChI is InChI=1S/C15H23ClN2O.ClH/c1-11(2)15(12-7-4-5-8-13(12)16)18-14(19)9-6-10-17-3;/h4-5,7-8,11,15,17H,6,9-10H2,1-3H3,(H,18,19);1H. The topological polar surface area (TPSA) is 41.1 Å². The van der Waals surface area contributed by atoms with Gasteiger partial charge in [0.1, 0.15) is 0 Å². The normalized spacial score (nSPS) is 11.8. The zero-order valence-electron chi connectivity index (χ0n) is 12.3. The summed E-state index contributed by atoms with van der Waals surface area (Å²) in [7, 11) is 1.89. The minimum Gasteiger partial charge on any atom is -0.349 e. The number of hydrogen-bond acceptors (Lipinski definition) is 2. The minimum absolute atomic E-state index is 0. The first-order valence-electron chi connectivity index (χ1n) is 6.74. The van der Waals surface area contributed by atoms with Crippen LogP contribution in [0.2, 0.25) is 5.02 Å². The van der Waals surface area contributed by atoms with Gasteiger partial charge in [0.05, 0.1) is 6.04 Å². The largest absolute Gasteiger partial charge is 0.349 e. The van der Waals surface area contributed by atoms with Crippen LogP contribution in [0.4, 0.5) is 0 Å². The van der Waals surface area contributed by atoms with Crippen molar-refractivity contribution in [3.63, 3.8) is 0 Å². The maximum absolute atomic E-state index is 11.9. The number of carbonyl (C=O) groups is 1. The number of carbonyl (C=O) groups excluding carboxylic acids is 1. The number of nitrogens with one attached hydrogen (secondary N) is 2. The van der Waals surface area contributed by atoms with E-state index < -0.39 is 0 Å². The van der Waals surface area contributed by atoms with Crippen molar-refractivity contribution in [3.8, 4) is 0 Å². The van der Waals surface area contributed by atoms with Gasteiger partial charge in [0.25, 0.3) is 0 Å². The minimum atomic E-state index is -0.0317. The van der Waals surface area contributed by atoms with Crippen molar-refractivity contribution < 1.29 is 4.79 Å². The lowest BCUT2D eigenvalue weighted by Crippen LogP contribution is -2.32. The fourth-order valence-corrected chi connectivity index (χ4v) is 2.26. The van der Waals surface area contributed by atoms with E-state index in [4.69, 9.17) is 11.6 Å². The van der Waals surface area contributed by atoms with Gasteiger partial charge in [-0.25, -0.2) is 0 Å². The lowest BCUT2D eigenvalue weighted by molar-refractivity contribution is -0.122. The van der Waals surface area contributed by atoms with Gasteiger partial charge in [-0.05, 0) is 37.6 Å². The molecule has 1 aromatic carbocycles. The maximum Gasteiger partial charge on any atom is 0.220 e. The van der Waals surface area contributed by atoms with Crippen molar-refractivity contribution in [1.82, 2.24) is 10.6 Å². The van der Waals surface area contributed by atoms with Crippen LogP contribution in [0.25, 0.3) is 0 Å². The van der Waals surface area contributed by atoms with E-state index in [2.05, 4.69) is 24.5 Å². The van der Waals surface area contributed by atoms with E-state index in [1.54, 1.807) is 0 Å². The SMILES string of the molecule is CNCCCC(=O)NC(c1ccccc1Cl)C(C)C.Cl. The number of rotatable bonds is 7. The highest BCUT2D eigenvalue weighted by molar-refractivity contribution is 6.31. The molecule has 0 aliphatic carbocycles. The first-order chi connectivity index (χ1) is 9.06. The first kappa shape index (κ1) is 19.2. The number of amides is 1. The highest BCUT2D eigenvalue weighted by atomic mass is 35.5. The Morgan fingerprint density at radius 3 is 2.50 bits per heavy atom. The van der Waals surface area contributed by atoms with Gasteiger partial charge in [-0.1, -0.05) is 43.6 Å². The zero-order chi connectivity index (χ0) is 14.3. The summed E-state index contributed by atoms with van der Waals surface area (Å²) in [4.78, 5) is 11.9. The maximum atomic E-state index is 11.9. The third-order valence-corrected chi connectivity index (χ3v) is 3.40. The highest BCUT2D eigenvalue weighted by Crippen LogP contribution is 2.28. The molecule has 1 aromatic rings. The predicted molar refractivity (Wildman–Crippen MR) is 87.6 cm³/mol. The van der Waals surface area contributed by atoms with Gasteiger partial charge in [0, 0.05) is 11.4 Å². The molecule has 0 heterocycles. The summed E-state index contributed by atoms with van der Waals surface area (Å²) in [5, 5.41) is 6.83. The van der Waals surface area contributed by atoms with Crippen LogP contribution in [0.15, 0.2) is 24.3 Å². The molecule has 3 nitrogen and oxygen atoms in total. The van der Waals surface area contributed by atoms with Gasteiger partial charge in [0.2, 0.25) is 5.91 Å². The van der Waals surface area contributed by atoms with E-state index in [-0.39, 0.29) is 24.4 Å². The number of hydrogen-bond donors (Lipinski definition) is 2. The Bertz CT molecular complexity index is 411. The summed E-state index contributed by atoms with van der Waals surface area (Å²) in [5.41, 5.74) is 0.987. The molecular weight excluding hydrogens is 295 g/mol. The van der Waals surface area contributed by atoms with Gasteiger partial charge in [0.15, 0.2) is 0 Å². The van der Waals surface area contributed by atoms with Crippen molar-refractivity contribution in [2.24, 2.45) is 5.92 Å². The van der Waals surface area contributed by atoms with Crippen LogP contribution in [0.1, 0.15) is 38.3 Å². The van der Waals surface area contributed by atoms with Crippen LogP contribution in [-0.4, -0.2) is 19.5 Å². The van der Waals surface area contributed by atoms with Crippen LogP contribution in [0, 0.1) is 5.92 Å².